The van der Waals surface area contributed by atoms with Gasteiger partial charge in [0.2, 0.25) is 0 Å². The molecule has 4 heteroatoms. The number of para-hydroxylation sites is 1. The van der Waals surface area contributed by atoms with Crippen LogP contribution in [0.25, 0.3) is 32.9 Å². The molecule has 3 aromatic carbocycles. The van der Waals surface area contributed by atoms with Crippen LogP contribution in [0, 0.1) is 5.41 Å². The van der Waals surface area contributed by atoms with Crippen LogP contribution in [0.4, 0.5) is 0 Å². The second kappa shape index (κ2) is 8.48. The summed E-state index contributed by atoms with van der Waals surface area (Å²) >= 11 is 0. The standard InChI is InChI=1S/C27H29N3O/c1-27(2,18-30(3)4)17-28-26(31)23-16-25(29-24-15-8-7-13-22(23)24)21-14-9-11-19-10-5-6-12-20(19)21/h5-16H,17-18H2,1-4H3,(H,28,31)/p+1. The number of pyridine rings is 1. The maximum Gasteiger partial charge on any atom is 0.252 e. The molecule has 0 saturated carbocycles. The van der Waals surface area contributed by atoms with Gasteiger partial charge in [-0.25, -0.2) is 4.98 Å². The fourth-order valence-electron chi connectivity index (χ4n) is 4.38. The van der Waals surface area contributed by atoms with E-state index < -0.39 is 0 Å². The Labute approximate surface area is 183 Å². The zero-order valence-electron chi connectivity index (χ0n) is 18.7. The van der Waals surface area contributed by atoms with Gasteiger partial charge in [0.1, 0.15) is 0 Å². The molecular weight excluding hydrogens is 382 g/mol. The summed E-state index contributed by atoms with van der Waals surface area (Å²) in [7, 11) is 4.27. The Kier molecular flexibility index (Phi) is 5.75. The van der Waals surface area contributed by atoms with Crippen molar-refractivity contribution in [1.82, 2.24) is 10.3 Å². The summed E-state index contributed by atoms with van der Waals surface area (Å²) in [5.41, 5.74) is 3.36. The van der Waals surface area contributed by atoms with E-state index in [1.807, 2.05) is 48.5 Å². The zero-order valence-corrected chi connectivity index (χ0v) is 18.7. The van der Waals surface area contributed by atoms with E-state index in [4.69, 9.17) is 4.98 Å². The third-order valence-corrected chi connectivity index (χ3v) is 5.59. The highest BCUT2D eigenvalue weighted by atomic mass is 16.1. The van der Waals surface area contributed by atoms with Gasteiger partial charge >= 0.3 is 0 Å². The fraction of sp³-hybridized carbons (Fsp3) is 0.259. The van der Waals surface area contributed by atoms with Crippen LogP contribution in [0.5, 0.6) is 0 Å². The Balaban J connectivity index is 1.76. The number of nitrogens with zero attached hydrogens (tertiary/aromatic N) is 1. The van der Waals surface area contributed by atoms with Crippen molar-refractivity contribution in [1.29, 1.82) is 0 Å². The lowest BCUT2D eigenvalue weighted by molar-refractivity contribution is -0.865. The number of benzene rings is 3. The predicted molar refractivity (Wildman–Crippen MR) is 128 cm³/mol. The summed E-state index contributed by atoms with van der Waals surface area (Å²) in [6.07, 6.45) is 0. The number of nitrogens with one attached hydrogen (secondary N) is 2. The number of hydrogen-bond acceptors (Lipinski definition) is 2. The first-order valence-electron chi connectivity index (χ1n) is 10.8. The number of rotatable bonds is 6. The molecular formula is C27H30N3O+. The molecule has 0 aliphatic rings. The first kappa shape index (κ1) is 21.0. The van der Waals surface area contributed by atoms with Crippen LogP contribution >= 0.6 is 0 Å². The molecule has 0 bridgehead atoms. The number of quaternary nitrogens is 1. The number of carbonyl (C=O) groups excluding carboxylic acids is 1. The average molecular weight is 413 g/mol. The maximum absolute atomic E-state index is 13.3. The molecule has 0 aliphatic carbocycles. The number of fused-ring (bicyclic) bond motifs is 2. The van der Waals surface area contributed by atoms with Crippen LogP contribution in [0.1, 0.15) is 24.2 Å². The highest BCUT2D eigenvalue weighted by molar-refractivity contribution is 6.08. The molecule has 0 atom stereocenters. The van der Waals surface area contributed by atoms with Crippen LogP contribution in [0.15, 0.2) is 72.8 Å². The molecule has 0 aliphatic heterocycles. The highest BCUT2D eigenvalue weighted by Gasteiger charge is 2.23. The molecule has 1 amide bonds. The number of amides is 1. The van der Waals surface area contributed by atoms with Gasteiger partial charge in [0, 0.05) is 22.9 Å². The van der Waals surface area contributed by atoms with Crippen molar-refractivity contribution in [2.24, 2.45) is 5.41 Å². The Morgan fingerprint density at radius 3 is 2.39 bits per heavy atom. The monoisotopic (exact) mass is 412 g/mol. The van der Waals surface area contributed by atoms with Crippen molar-refractivity contribution in [3.63, 3.8) is 0 Å². The van der Waals surface area contributed by atoms with Crippen molar-refractivity contribution in [3.8, 4) is 11.3 Å². The lowest BCUT2D eigenvalue weighted by Gasteiger charge is -2.26. The quantitative estimate of drug-likeness (QED) is 0.504. The average Bonchev–Trinajstić information content (AvgIpc) is 2.75. The molecule has 0 radical (unpaired) electrons. The first-order chi connectivity index (χ1) is 14.8. The third-order valence-electron chi connectivity index (χ3n) is 5.59. The maximum atomic E-state index is 13.3. The van der Waals surface area contributed by atoms with Gasteiger partial charge in [-0.05, 0) is 22.9 Å². The predicted octanol–water partition coefficient (Wildman–Crippen LogP) is 3.96. The molecule has 158 valence electrons. The Morgan fingerprint density at radius 2 is 1.61 bits per heavy atom. The van der Waals surface area contributed by atoms with E-state index in [0.29, 0.717) is 12.1 Å². The molecule has 4 rings (SSSR count). The van der Waals surface area contributed by atoms with Crippen LogP contribution in [0.2, 0.25) is 0 Å². The molecule has 0 saturated heterocycles. The van der Waals surface area contributed by atoms with Gasteiger partial charge in [-0.3, -0.25) is 4.79 Å². The Hall–Kier alpha value is -3.24. The van der Waals surface area contributed by atoms with Gasteiger partial charge in [-0.1, -0.05) is 74.5 Å². The van der Waals surface area contributed by atoms with E-state index in [-0.39, 0.29) is 11.3 Å². The molecule has 0 unspecified atom stereocenters. The van der Waals surface area contributed by atoms with E-state index in [1.165, 1.54) is 4.90 Å². The summed E-state index contributed by atoms with van der Waals surface area (Å²) in [5.74, 6) is -0.0538. The lowest BCUT2D eigenvalue weighted by Crippen LogP contribution is -3.07. The topological polar surface area (TPSA) is 46.4 Å². The Morgan fingerprint density at radius 1 is 0.935 bits per heavy atom. The van der Waals surface area contributed by atoms with Gasteiger partial charge in [0.15, 0.2) is 0 Å². The molecule has 4 nitrogen and oxygen atoms in total. The van der Waals surface area contributed by atoms with Gasteiger partial charge < -0.3 is 10.2 Å². The third kappa shape index (κ3) is 4.59. The van der Waals surface area contributed by atoms with Crippen molar-refractivity contribution in [2.45, 2.75) is 13.8 Å². The minimum absolute atomic E-state index is 0.00971. The van der Waals surface area contributed by atoms with Crippen molar-refractivity contribution in [3.05, 3.63) is 78.4 Å². The van der Waals surface area contributed by atoms with Crippen molar-refractivity contribution >= 4 is 27.6 Å². The van der Waals surface area contributed by atoms with E-state index in [2.05, 4.69) is 57.5 Å². The van der Waals surface area contributed by atoms with Crippen LogP contribution in [-0.2, 0) is 0 Å². The molecule has 1 aromatic heterocycles. The number of carbonyl (C=O) groups is 1. The van der Waals surface area contributed by atoms with E-state index >= 15 is 0 Å². The van der Waals surface area contributed by atoms with Crippen LogP contribution < -0.4 is 10.2 Å². The van der Waals surface area contributed by atoms with Gasteiger partial charge in [0.05, 0.1) is 37.4 Å². The molecule has 0 spiro atoms. The zero-order chi connectivity index (χ0) is 22.0. The number of aromatic nitrogens is 1. The second-order valence-corrected chi connectivity index (χ2v) is 9.33. The molecule has 1 heterocycles. The summed E-state index contributed by atoms with van der Waals surface area (Å²) in [6.45, 7) is 5.97. The van der Waals surface area contributed by atoms with Crippen LogP contribution in [-0.4, -0.2) is 38.1 Å². The molecule has 4 aromatic rings. The minimum Gasteiger partial charge on any atom is -0.351 e. The van der Waals surface area contributed by atoms with Crippen molar-refractivity contribution in [2.75, 3.05) is 27.2 Å². The molecule has 2 N–H and O–H groups in total. The summed E-state index contributed by atoms with van der Waals surface area (Å²) in [5, 5.41) is 6.34. The molecule has 0 fully saturated rings. The van der Waals surface area contributed by atoms with Gasteiger partial charge in [0.25, 0.3) is 5.91 Å². The van der Waals surface area contributed by atoms with Crippen LogP contribution in [0.3, 0.4) is 0 Å². The van der Waals surface area contributed by atoms with E-state index in [0.717, 1.165) is 39.5 Å². The second-order valence-electron chi connectivity index (χ2n) is 9.33. The normalized spacial score (nSPS) is 11.9. The minimum atomic E-state index is -0.0538. The lowest BCUT2D eigenvalue weighted by atomic mass is 9.92. The largest absolute Gasteiger partial charge is 0.351 e. The van der Waals surface area contributed by atoms with Gasteiger partial charge in [-0.2, -0.15) is 0 Å². The summed E-state index contributed by atoms with van der Waals surface area (Å²) in [6, 6.07) is 24.3. The highest BCUT2D eigenvalue weighted by Crippen LogP contribution is 2.30. The number of hydrogen-bond donors (Lipinski definition) is 2. The van der Waals surface area contributed by atoms with Gasteiger partial charge in [-0.15, -0.1) is 0 Å². The summed E-state index contributed by atoms with van der Waals surface area (Å²) in [4.78, 5) is 19.6. The first-order valence-corrected chi connectivity index (χ1v) is 10.8. The fourth-order valence-corrected chi connectivity index (χ4v) is 4.38. The van der Waals surface area contributed by atoms with E-state index in [9.17, 15) is 4.79 Å². The smallest absolute Gasteiger partial charge is 0.252 e. The Bertz CT molecular complexity index is 1240. The SMILES string of the molecule is C[NH+](C)CC(C)(C)CNC(=O)c1cc(-c2cccc3ccccc23)nc2ccccc12. The summed E-state index contributed by atoms with van der Waals surface area (Å²) < 4.78 is 0. The van der Waals surface area contributed by atoms with Crippen molar-refractivity contribution < 1.29 is 9.69 Å². The van der Waals surface area contributed by atoms with E-state index in [1.54, 1.807) is 0 Å². The molecule has 31 heavy (non-hydrogen) atoms.